The first-order valence-corrected chi connectivity index (χ1v) is 9.15. The highest BCUT2D eigenvalue weighted by Crippen LogP contribution is 2.40. The minimum absolute atomic E-state index is 0.0160. The Labute approximate surface area is 154 Å². The molecule has 1 aliphatic carbocycles. The molecule has 2 aliphatic rings. The Morgan fingerprint density at radius 3 is 2.46 bits per heavy atom. The zero-order chi connectivity index (χ0) is 18.6. The van der Waals surface area contributed by atoms with Crippen molar-refractivity contribution in [1.29, 1.82) is 5.26 Å². The molecule has 138 valence electrons. The van der Waals surface area contributed by atoms with Crippen LogP contribution in [0.5, 0.6) is 0 Å². The van der Waals surface area contributed by atoms with E-state index in [1.807, 2.05) is 4.90 Å². The number of nitrogens with one attached hydrogen (secondary N) is 1. The molecule has 0 atom stereocenters. The maximum Gasteiger partial charge on any atom is 0.253 e. The highest BCUT2D eigenvalue weighted by molar-refractivity contribution is 5.94. The lowest BCUT2D eigenvalue weighted by molar-refractivity contribution is -0.127. The highest BCUT2D eigenvalue weighted by atomic mass is 16.5. The van der Waals surface area contributed by atoms with Crippen LogP contribution < -0.4 is 5.32 Å². The minimum atomic E-state index is -0.224. The van der Waals surface area contributed by atoms with Gasteiger partial charge >= 0.3 is 0 Å². The molecule has 0 spiro atoms. The number of piperidine rings is 1. The van der Waals surface area contributed by atoms with Crippen molar-refractivity contribution in [3.05, 3.63) is 35.4 Å². The predicted octanol–water partition coefficient (Wildman–Crippen LogP) is 2.10. The number of amides is 2. The van der Waals surface area contributed by atoms with E-state index in [-0.39, 0.29) is 24.0 Å². The van der Waals surface area contributed by atoms with Crippen molar-refractivity contribution in [3.8, 4) is 6.07 Å². The van der Waals surface area contributed by atoms with Gasteiger partial charge in [-0.15, -0.1) is 0 Å². The molecular formula is C20H25N3O3. The average Bonchev–Trinajstić information content (AvgIpc) is 3.46. The van der Waals surface area contributed by atoms with E-state index >= 15 is 0 Å². The molecule has 1 saturated heterocycles. The second kappa shape index (κ2) is 7.88. The number of carbonyl (C=O) groups is 2. The summed E-state index contributed by atoms with van der Waals surface area (Å²) >= 11 is 0. The van der Waals surface area contributed by atoms with Crippen molar-refractivity contribution in [2.24, 2.45) is 5.92 Å². The van der Waals surface area contributed by atoms with E-state index in [2.05, 4.69) is 11.4 Å². The van der Waals surface area contributed by atoms with Crippen LogP contribution in [-0.4, -0.2) is 49.1 Å². The zero-order valence-corrected chi connectivity index (χ0v) is 15.2. The molecule has 2 amide bonds. The molecule has 1 saturated carbocycles. The highest BCUT2D eigenvalue weighted by Gasteiger charge is 2.41. The van der Waals surface area contributed by atoms with Crippen LogP contribution in [0.15, 0.2) is 24.3 Å². The maximum atomic E-state index is 12.7. The van der Waals surface area contributed by atoms with Gasteiger partial charge in [-0.1, -0.05) is 12.8 Å². The summed E-state index contributed by atoms with van der Waals surface area (Å²) in [4.78, 5) is 26.6. The number of methoxy groups -OCH3 is 1. The Hall–Kier alpha value is -2.39. The molecule has 0 unspecified atom stereocenters. The van der Waals surface area contributed by atoms with Gasteiger partial charge in [0.2, 0.25) is 5.91 Å². The van der Waals surface area contributed by atoms with Crippen molar-refractivity contribution >= 4 is 11.8 Å². The van der Waals surface area contributed by atoms with Crippen molar-refractivity contribution in [2.75, 3.05) is 26.8 Å². The van der Waals surface area contributed by atoms with Gasteiger partial charge in [-0.2, -0.15) is 5.26 Å². The van der Waals surface area contributed by atoms with E-state index < -0.39 is 0 Å². The standard InChI is InChI=1S/C20H25N3O3/c1-26-14-18(24)22-20(12-15-2-3-15)8-10-23(11-9-20)19(25)17-6-4-16(13-21)5-7-17/h4-7,15H,2-3,8-12,14H2,1H3,(H,22,24). The van der Waals surface area contributed by atoms with E-state index in [1.54, 1.807) is 24.3 Å². The number of carbonyl (C=O) groups excluding carboxylic acids is 2. The van der Waals surface area contributed by atoms with Gasteiger partial charge in [0, 0.05) is 31.3 Å². The summed E-state index contributed by atoms with van der Waals surface area (Å²) in [5.74, 6) is 0.594. The first-order valence-electron chi connectivity index (χ1n) is 9.15. The van der Waals surface area contributed by atoms with Crippen molar-refractivity contribution in [1.82, 2.24) is 10.2 Å². The molecule has 6 nitrogen and oxygen atoms in total. The van der Waals surface area contributed by atoms with Crippen LogP contribution in [0.4, 0.5) is 0 Å². The largest absolute Gasteiger partial charge is 0.375 e. The second-order valence-corrected chi connectivity index (χ2v) is 7.39. The fourth-order valence-electron chi connectivity index (χ4n) is 3.73. The lowest BCUT2D eigenvalue weighted by Crippen LogP contribution is -2.57. The van der Waals surface area contributed by atoms with Gasteiger partial charge < -0.3 is 15.0 Å². The lowest BCUT2D eigenvalue weighted by Gasteiger charge is -2.42. The van der Waals surface area contributed by atoms with E-state index in [0.29, 0.717) is 30.1 Å². The SMILES string of the molecule is COCC(=O)NC1(CC2CC2)CCN(C(=O)c2ccc(C#N)cc2)CC1. The Morgan fingerprint density at radius 1 is 1.27 bits per heavy atom. The van der Waals surface area contributed by atoms with Crippen molar-refractivity contribution < 1.29 is 14.3 Å². The van der Waals surface area contributed by atoms with Gasteiger partial charge in [0.25, 0.3) is 5.91 Å². The van der Waals surface area contributed by atoms with Gasteiger partial charge in [0.05, 0.1) is 11.6 Å². The normalized spacial score (nSPS) is 18.8. The van der Waals surface area contributed by atoms with Crippen LogP contribution in [0.25, 0.3) is 0 Å². The van der Waals surface area contributed by atoms with E-state index in [4.69, 9.17) is 10.00 Å². The number of hydrogen-bond donors (Lipinski definition) is 1. The zero-order valence-electron chi connectivity index (χ0n) is 15.2. The molecule has 0 radical (unpaired) electrons. The number of hydrogen-bond acceptors (Lipinski definition) is 4. The number of nitrogens with zero attached hydrogens (tertiary/aromatic N) is 2. The van der Waals surface area contributed by atoms with Gasteiger partial charge in [0.15, 0.2) is 0 Å². The number of benzene rings is 1. The van der Waals surface area contributed by atoms with Crippen LogP contribution in [0.3, 0.4) is 0 Å². The molecule has 3 rings (SSSR count). The first kappa shape index (κ1) is 18.4. The van der Waals surface area contributed by atoms with Gasteiger partial charge in [-0.25, -0.2) is 0 Å². The molecule has 2 fully saturated rings. The summed E-state index contributed by atoms with van der Waals surface area (Å²) in [6.45, 7) is 1.32. The molecule has 1 aliphatic heterocycles. The second-order valence-electron chi connectivity index (χ2n) is 7.39. The molecule has 1 aromatic rings. The van der Waals surface area contributed by atoms with Crippen LogP contribution >= 0.6 is 0 Å². The molecule has 0 aromatic heterocycles. The summed E-state index contributed by atoms with van der Waals surface area (Å²) < 4.78 is 4.95. The predicted molar refractivity (Wildman–Crippen MR) is 96.4 cm³/mol. The van der Waals surface area contributed by atoms with E-state index in [1.165, 1.54) is 20.0 Å². The summed E-state index contributed by atoms with van der Waals surface area (Å²) in [5, 5.41) is 12.1. The molecule has 1 aromatic carbocycles. The van der Waals surface area contributed by atoms with Gasteiger partial charge in [0.1, 0.15) is 6.61 Å². The average molecular weight is 355 g/mol. The summed E-state index contributed by atoms with van der Waals surface area (Å²) in [7, 11) is 1.52. The third-order valence-corrected chi connectivity index (χ3v) is 5.33. The fourth-order valence-corrected chi connectivity index (χ4v) is 3.73. The summed E-state index contributed by atoms with van der Waals surface area (Å²) in [6, 6.07) is 8.80. The summed E-state index contributed by atoms with van der Waals surface area (Å²) in [6.07, 6.45) is 4.98. The number of ether oxygens (including phenoxy) is 1. The van der Waals surface area contributed by atoms with Crippen LogP contribution in [-0.2, 0) is 9.53 Å². The van der Waals surface area contributed by atoms with Gasteiger partial charge in [-0.3, -0.25) is 9.59 Å². The summed E-state index contributed by atoms with van der Waals surface area (Å²) in [5.41, 5.74) is 0.921. The van der Waals surface area contributed by atoms with Crippen molar-refractivity contribution in [2.45, 2.75) is 37.6 Å². The van der Waals surface area contributed by atoms with Gasteiger partial charge in [-0.05, 0) is 49.4 Å². The Kier molecular flexibility index (Phi) is 5.58. The third kappa shape index (κ3) is 4.41. The minimum Gasteiger partial charge on any atom is -0.375 e. The maximum absolute atomic E-state index is 12.7. The lowest BCUT2D eigenvalue weighted by atomic mass is 9.82. The quantitative estimate of drug-likeness (QED) is 0.847. The fraction of sp³-hybridized carbons (Fsp3) is 0.550. The topological polar surface area (TPSA) is 82.4 Å². The smallest absolute Gasteiger partial charge is 0.253 e. The third-order valence-electron chi connectivity index (χ3n) is 5.33. The Bertz CT molecular complexity index is 696. The molecule has 6 heteroatoms. The number of rotatable bonds is 6. The molecule has 1 N–H and O–H groups in total. The number of nitriles is 1. The monoisotopic (exact) mass is 355 g/mol. The number of likely N-dealkylation sites (tertiary alicyclic amines) is 1. The Morgan fingerprint density at radius 2 is 1.92 bits per heavy atom. The first-order chi connectivity index (χ1) is 12.5. The molecular weight excluding hydrogens is 330 g/mol. The van der Waals surface area contributed by atoms with E-state index in [0.717, 1.165) is 19.3 Å². The van der Waals surface area contributed by atoms with Crippen molar-refractivity contribution in [3.63, 3.8) is 0 Å². The molecule has 0 bridgehead atoms. The van der Waals surface area contributed by atoms with E-state index in [9.17, 15) is 9.59 Å². The van der Waals surface area contributed by atoms with Crippen LogP contribution in [0.2, 0.25) is 0 Å². The molecule has 1 heterocycles. The Balaban J connectivity index is 1.63. The molecule has 26 heavy (non-hydrogen) atoms. The van der Waals surface area contributed by atoms with Crippen LogP contribution in [0, 0.1) is 17.2 Å². The van der Waals surface area contributed by atoms with Crippen LogP contribution in [0.1, 0.15) is 48.0 Å².